The van der Waals surface area contributed by atoms with Crippen molar-refractivity contribution in [2.75, 3.05) is 7.05 Å². The van der Waals surface area contributed by atoms with E-state index in [2.05, 4.69) is 4.99 Å². The zero-order valence-electron chi connectivity index (χ0n) is 13.0. The summed E-state index contributed by atoms with van der Waals surface area (Å²) >= 11 is 12.3. The molecule has 0 aliphatic heterocycles. The molecule has 0 aliphatic carbocycles. The molecule has 0 saturated heterocycles. The van der Waals surface area contributed by atoms with Crippen LogP contribution in [0.1, 0.15) is 18.1 Å². The summed E-state index contributed by atoms with van der Waals surface area (Å²) in [5, 5.41) is 1.18. The molecule has 0 unspecified atom stereocenters. The number of halogens is 2. The van der Waals surface area contributed by atoms with Crippen LogP contribution in [0.25, 0.3) is 0 Å². The number of rotatable bonds is 5. The smallest absolute Gasteiger partial charge is 0.120 e. The van der Waals surface area contributed by atoms with Gasteiger partial charge >= 0.3 is 0 Å². The molecule has 0 saturated carbocycles. The average Bonchev–Trinajstić information content (AvgIpc) is 2.52. The average molecular weight is 349 g/mol. The van der Waals surface area contributed by atoms with Gasteiger partial charge in [0.05, 0.1) is 5.71 Å². The molecule has 2 aromatic rings. The molecular weight excluding hydrogens is 331 g/mol. The number of nitrogens with two attached hydrogens (primary N) is 1. The largest absolute Gasteiger partial charge is 0.489 e. The van der Waals surface area contributed by atoms with E-state index in [4.69, 9.17) is 33.7 Å². The van der Waals surface area contributed by atoms with Gasteiger partial charge in [0, 0.05) is 33.9 Å². The third kappa shape index (κ3) is 4.75. The number of hydrogen-bond acceptors (Lipinski definition) is 3. The van der Waals surface area contributed by atoms with Crippen molar-refractivity contribution in [3.63, 3.8) is 0 Å². The van der Waals surface area contributed by atoms with Gasteiger partial charge in [0.15, 0.2) is 0 Å². The van der Waals surface area contributed by atoms with E-state index in [1.54, 1.807) is 25.2 Å². The molecule has 0 radical (unpaired) electrons. The monoisotopic (exact) mass is 348 g/mol. The van der Waals surface area contributed by atoms with E-state index in [-0.39, 0.29) is 0 Å². The second-order valence-electron chi connectivity index (χ2n) is 5.01. The van der Waals surface area contributed by atoms with Gasteiger partial charge < -0.3 is 10.5 Å². The summed E-state index contributed by atoms with van der Waals surface area (Å²) in [6.07, 6.45) is 1.82. The molecule has 5 heteroatoms. The standard InChI is InChI=1S/C18H18Cl2N2O/c1-12(21)9-18(22-2)13-5-3-6-14(10-13)23-11-15-16(19)7-4-8-17(15)20/h3-10H,11,21H2,1-2H3. The molecule has 2 N–H and O–H groups in total. The third-order valence-corrected chi connectivity index (χ3v) is 3.89. The van der Waals surface area contributed by atoms with Crippen LogP contribution in [-0.4, -0.2) is 12.8 Å². The van der Waals surface area contributed by atoms with Gasteiger partial charge in [-0.3, -0.25) is 4.99 Å². The van der Waals surface area contributed by atoms with Crippen molar-refractivity contribution in [2.45, 2.75) is 13.5 Å². The van der Waals surface area contributed by atoms with E-state index in [9.17, 15) is 0 Å². The normalized spacial score (nSPS) is 12.3. The first-order valence-electron chi connectivity index (χ1n) is 7.08. The minimum Gasteiger partial charge on any atom is -0.489 e. The first-order valence-corrected chi connectivity index (χ1v) is 7.83. The first kappa shape index (κ1) is 17.4. The summed E-state index contributed by atoms with van der Waals surface area (Å²) < 4.78 is 5.82. The Hall–Kier alpha value is -1.97. The van der Waals surface area contributed by atoms with Crippen molar-refractivity contribution in [3.8, 4) is 5.75 Å². The highest BCUT2D eigenvalue weighted by molar-refractivity contribution is 6.35. The summed E-state index contributed by atoms with van der Waals surface area (Å²) in [6, 6.07) is 13.0. The maximum Gasteiger partial charge on any atom is 0.120 e. The molecule has 0 fully saturated rings. The van der Waals surface area contributed by atoms with Gasteiger partial charge in [-0.15, -0.1) is 0 Å². The van der Waals surface area contributed by atoms with Gasteiger partial charge in [-0.05, 0) is 37.3 Å². The van der Waals surface area contributed by atoms with Crippen molar-refractivity contribution in [3.05, 3.63) is 75.4 Å². The fourth-order valence-electron chi connectivity index (χ4n) is 2.06. The number of hydrogen-bond donors (Lipinski definition) is 1. The van der Waals surface area contributed by atoms with Gasteiger partial charge in [0.25, 0.3) is 0 Å². The highest BCUT2D eigenvalue weighted by Crippen LogP contribution is 2.26. The number of nitrogens with zero attached hydrogens (tertiary/aromatic N) is 1. The minimum absolute atomic E-state index is 0.298. The SMILES string of the molecule is CN=C(C=C(C)N)c1cccc(OCc2c(Cl)cccc2Cl)c1. The molecule has 2 aromatic carbocycles. The lowest BCUT2D eigenvalue weighted by atomic mass is 10.1. The van der Waals surface area contributed by atoms with Crippen LogP contribution in [0.3, 0.4) is 0 Å². The van der Waals surface area contributed by atoms with E-state index in [0.717, 1.165) is 16.8 Å². The quantitative estimate of drug-likeness (QED) is 0.784. The zero-order chi connectivity index (χ0) is 16.8. The Kier molecular flexibility index (Phi) is 6.08. The lowest BCUT2D eigenvalue weighted by Crippen LogP contribution is -2.03. The highest BCUT2D eigenvalue weighted by atomic mass is 35.5. The predicted octanol–water partition coefficient (Wildman–Crippen LogP) is 4.85. The number of ether oxygens (including phenoxy) is 1. The van der Waals surface area contributed by atoms with E-state index in [0.29, 0.717) is 28.1 Å². The molecule has 0 heterocycles. The Bertz CT molecular complexity index is 730. The van der Waals surface area contributed by atoms with Gasteiger partial charge in [-0.1, -0.05) is 41.4 Å². The lowest BCUT2D eigenvalue weighted by Gasteiger charge is -2.11. The Balaban J connectivity index is 2.19. The van der Waals surface area contributed by atoms with E-state index < -0.39 is 0 Å². The van der Waals surface area contributed by atoms with Crippen LogP contribution in [-0.2, 0) is 6.61 Å². The fraction of sp³-hybridized carbons (Fsp3) is 0.167. The number of allylic oxidation sites excluding steroid dienone is 2. The van der Waals surface area contributed by atoms with Gasteiger partial charge in [-0.2, -0.15) is 0 Å². The summed E-state index contributed by atoms with van der Waals surface area (Å²) in [5.41, 5.74) is 8.92. The molecule has 0 atom stereocenters. The van der Waals surface area contributed by atoms with E-state index >= 15 is 0 Å². The molecule has 0 spiro atoms. The predicted molar refractivity (Wildman–Crippen MR) is 97.6 cm³/mol. The molecule has 120 valence electrons. The van der Waals surface area contributed by atoms with Gasteiger partial charge in [0.2, 0.25) is 0 Å². The van der Waals surface area contributed by atoms with Crippen LogP contribution < -0.4 is 10.5 Å². The van der Waals surface area contributed by atoms with Crippen LogP contribution in [0.4, 0.5) is 0 Å². The summed E-state index contributed by atoms with van der Waals surface area (Å²) in [6.45, 7) is 2.12. The third-order valence-electron chi connectivity index (χ3n) is 3.18. The van der Waals surface area contributed by atoms with Crippen molar-refractivity contribution >= 4 is 28.9 Å². The fourth-order valence-corrected chi connectivity index (χ4v) is 2.57. The summed E-state index contributed by atoms with van der Waals surface area (Å²) in [5.74, 6) is 0.711. The van der Waals surface area contributed by atoms with Crippen molar-refractivity contribution in [2.24, 2.45) is 10.7 Å². The molecule has 0 aliphatic rings. The minimum atomic E-state index is 0.298. The Labute approximate surface area is 146 Å². The molecule has 0 aromatic heterocycles. The van der Waals surface area contributed by atoms with Crippen LogP contribution in [0, 0.1) is 0 Å². The topological polar surface area (TPSA) is 47.6 Å². The van der Waals surface area contributed by atoms with Crippen LogP contribution >= 0.6 is 23.2 Å². The van der Waals surface area contributed by atoms with E-state index in [1.807, 2.05) is 37.3 Å². The van der Waals surface area contributed by atoms with Crippen LogP contribution in [0.5, 0.6) is 5.75 Å². The van der Waals surface area contributed by atoms with Crippen LogP contribution in [0.2, 0.25) is 10.0 Å². The van der Waals surface area contributed by atoms with Crippen molar-refractivity contribution in [1.82, 2.24) is 0 Å². The summed E-state index contributed by atoms with van der Waals surface area (Å²) in [7, 11) is 1.73. The Morgan fingerprint density at radius 2 is 1.83 bits per heavy atom. The Morgan fingerprint density at radius 1 is 1.17 bits per heavy atom. The molecule has 23 heavy (non-hydrogen) atoms. The first-order chi connectivity index (χ1) is 11.0. The maximum atomic E-state index is 6.15. The van der Waals surface area contributed by atoms with Crippen molar-refractivity contribution in [1.29, 1.82) is 0 Å². The van der Waals surface area contributed by atoms with Gasteiger partial charge in [-0.25, -0.2) is 0 Å². The maximum absolute atomic E-state index is 6.15. The number of benzene rings is 2. The van der Waals surface area contributed by atoms with E-state index in [1.165, 1.54) is 0 Å². The molecule has 0 bridgehead atoms. The van der Waals surface area contributed by atoms with Crippen molar-refractivity contribution < 1.29 is 4.74 Å². The lowest BCUT2D eigenvalue weighted by molar-refractivity contribution is 0.306. The molecule has 3 nitrogen and oxygen atoms in total. The second kappa shape index (κ2) is 8.04. The molecule has 2 rings (SSSR count). The molecular formula is C18H18Cl2N2O. The zero-order valence-corrected chi connectivity index (χ0v) is 14.5. The molecule has 0 amide bonds. The highest BCUT2D eigenvalue weighted by Gasteiger charge is 2.07. The number of aliphatic imine (C=N–C) groups is 1. The van der Waals surface area contributed by atoms with Crippen LogP contribution in [0.15, 0.2) is 59.2 Å². The Morgan fingerprint density at radius 3 is 2.43 bits per heavy atom. The summed E-state index contributed by atoms with van der Waals surface area (Å²) in [4.78, 5) is 4.25. The second-order valence-corrected chi connectivity index (χ2v) is 5.83. The van der Waals surface area contributed by atoms with Gasteiger partial charge in [0.1, 0.15) is 12.4 Å².